The third kappa shape index (κ3) is 4.77. The molecular weight excluding hydrogens is 154 g/mol. The lowest BCUT2D eigenvalue weighted by molar-refractivity contribution is -0.139. The zero-order valence-corrected chi connectivity index (χ0v) is 8.26. The fourth-order valence-corrected chi connectivity index (χ4v) is 0.749. The largest absolute Gasteiger partial charge is 0.462 e. The predicted octanol–water partition coefficient (Wildman–Crippen LogP) is 1.41. The first-order valence-corrected chi connectivity index (χ1v) is 4.10. The Hall–Kier alpha value is -0.990. The first kappa shape index (κ1) is 11.0. The Morgan fingerprint density at radius 2 is 2.08 bits per heavy atom. The molecule has 0 aliphatic carbocycles. The lowest BCUT2D eigenvalue weighted by Crippen LogP contribution is -2.10. The summed E-state index contributed by atoms with van der Waals surface area (Å²) in [4.78, 5) is 12.9. The van der Waals surface area contributed by atoms with Crippen molar-refractivity contribution < 1.29 is 9.53 Å². The van der Waals surface area contributed by atoms with Gasteiger partial charge in [0, 0.05) is 25.9 Å². The van der Waals surface area contributed by atoms with E-state index in [1.807, 2.05) is 25.9 Å². The molecule has 0 radical (unpaired) electrons. The van der Waals surface area contributed by atoms with Crippen LogP contribution in [0.2, 0.25) is 0 Å². The summed E-state index contributed by atoms with van der Waals surface area (Å²) in [6, 6.07) is 0. The van der Waals surface area contributed by atoms with Crippen molar-refractivity contribution >= 4 is 5.97 Å². The van der Waals surface area contributed by atoms with Crippen molar-refractivity contribution in [1.29, 1.82) is 0 Å². The van der Waals surface area contributed by atoms with E-state index in [1.54, 1.807) is 13.1 Å². The van der Waals surface area contributed by atoms with Crippen LogP contribution in [0.15, 0.2) is 11.8 Å². The van der Waals surface area contributed by atoms with Crippen LogP contribution < -0.4 is 0 Å². The molecule has 0 N–H and O–H groups in total. The first-order chi connectivity index (χ1) is 5.57. The second-order valence-electron chi connectivity index (χ2n) is 2.91. The molecule has 0 heterocycles. The van der Waals surface area contributed by atoms with E-state index in [2.05, 4.69) is 0 Å². The molecule has 0 fully saturated rings. The molecule has 0 amide bonds. The molecule has 0 aromatic heterocycles. The smallest absolute Gasteiger partial charge is 0.335 e. The summed E-state index contributed by atoms with van der Waals surface area (Å²) < 4.78 is 4.92. The first-order valence-electron chi connectivity index (χ1n) is 4.10. The Kier molecular flexibility index (Phi) is 5.17. The summed E-state index contributed by atoms with van der Waals surface area (Å²) in [7, 11) is 3.74. The maximum atomic E-state index is 11.1. The van der Waals surface area contributed by atoms with Gasteiger partial charge < -0.3 is 9.64 Å². The average Bonchev–Trinajstić information content (AvgIpc) is 1.98. The normalized spacial score (nSPS) is 11.2. The predicted molar refractivity (Wildman–Crippen MR) is 48.7 cm³/mol. The van der Waals surface area contributed by atoms with Crippen LogP contribution >= 0.6 is 0 Å². The van der Waals surface area contributed by atoms with Crippen molar-refractivity contribution in [1.82, 2.24) is 4.90 Å². The van der Waals surface area contributed by atoms with Gasteiger partial charge in [-0.25, -0.2) is 4.79 Å². The maximum absolute atomic E-state index is 11.1. The van der Waals surface area contributed by atoms with E-state index < -0.39 is 0 Å². The molecule has 0 aliphatic rings. The number of hydrogen-bond acceptors (Lipinski definition) is 3. The van der Waals surface area contributed by atoms with Crippen molar-refractivity contribution in [2.45, 2.75) is 20.3 Å². The van der Waals surface area contributed by atoms with E-state index in [0.717, 1.165) is 6.42 Å². The van der Waals surface area contributed by atoms with Gasteiger partial charge in [-0.2, -0.15) is 0 Å². The standard InChI is InChI=1S/C9H17NO2/c1-5-6-12-9(11)8(2)7-10(3)4/h7H,5-6H2,1-4H3/b8-7+. The number of carbonyl (C=O) groups is 1. The molecule has 0 spiro atoms. The van der Waals surface area contributed by atoms with Crippen LogP contribution in [0, 0.1) is 0 Å². The van der Waals surface area contributed by atoms with Crippen molar-refractivity contribution in [2.24, 2.45) is 0 Å². The quantitative estimate of drug-likeness (QED) is 0.473. The molecule has 0 atom stereocenters. The van der Waals surface area contributed by atoms with Crippen LogP contribution in [-0.4, -0.2) is 31.6 Å². The van der Waals surface area contributed by atoms with Crippen molar-refractivity contribution in [3.8, 4) is 0 Å². The average molecular weight is 171 g/mol. The van der Waals surface area contributed by atoms with E-state index in [9.17, 15) is 4.79 Å². The Morgan fingerprint density at radius 1 is 1.50 bits per heavy atom. The summed E-state index contributed by atoms with van der Waals surface area (Å²) in [5.41, 5.74) is 0.633. The molecule has 0 rings (SSSR count). The number of hydrogen-bond donors (Lipinski definition) is 0. The second-order valence-corrected chi connectivity index (χ2v) is 2.91. The van der Waals surface area contributed by atoms with E-state index in [4.69, 9.17) is 4.74 Å². The molecule has 0 saturated heterocycles. The Morgan fingerprint density at radius 3 is 2.50 bits per heavy atom. The van der Waals surface area contributed by atoms with Crippen molar-refractivity contribution in [2.75, 3.05) is 20.7 Å². The molecule has 3 nitrogen and oxygen atoms in total. The van der Waals surface area contributed by atoms with Gasteiger partial charge in [-0.05, 0) is 13.3 Å². The highest BCUT2D eigenvalue weighted by atomic mass is 16.5. The molecular formula is C9H17NO2. The van der Waals surface area contributed by atoms with Gasteiger partial charge in [0.2, 0.25) is 0 Å². The Balaban J connectivity index is 3.92. The van der Waals surface area contributed by atoms with Gasteiger partial charge in [-0.1, -0.05) is 6.92 Å². The minimum Gasteiger partial charge on any atom is -0.462 e. The van der Waals surface area contributed by atoms with Gasteiger partial charge in [0.25, 0.3) is 0 Å². The van der Waals surface area contributed by atoms with Gasteiger partial charge in [-0.3, -0.25) is 0 Å². The minimum atomic E-state index is -0.231. The number of carbonyl (C=O) groups excluding carboxylic acids is 1. The molecule has 3 heteroatoms. The van der Waals surface area contributed by atoms with E-state index >= 15 is 0 Å². The van der Waals surface area contributed by atoms with Crippen molar-refractivity contribution in [3.05, 3.63) is 11.8 Å². The van der Waals surface area contributed by atoms with Crippen LogP contribution in [0.1, 0.15) is 20.3 Å². The van der Waals surface area contributed by atoms with Crippen LogP contribution in [0.5, 0.6) is 0 Å². The molecule has 0 aromatic rings. The monoisotopic (exact) mass is 171 g/mol. The number of rotatable bonds is 4. The Labute approximate surface area is 74.0 Å². The zero-order chi connectivity index (χ0) is 9.56. The molecule has 0 aromatic carbocycles. The molecule has 0 aliphatic heterocycles. The van der Waals surface area contributed by atoms with Crippen LogP contribution in [0.4, 0.5) is 0 Å². The summed E-state index contributed by atoms with van der Waals surface area (Å²) in [6.45, 7) is 4.22. The molecule has 0 saturated carbocycles. The topological polar surface area (TPSA) is 29.5 Å². The van der Waals surface area contributed by atoms with Gasteiger partial charge in [0.05, 0.1) is 6.61 Å². The van der Waals surface area contributed by atoms with Crippen molar-refractivity contribution in [3.63, 3.8) is 0 Å². The van der Waals surface area contributed by atoms with E-state index in [0.29, 0.717) is 12.2 Å². The van der Waals surface area contributed by atoms with E-state index in [-0.39, 0.29) is 5.97 Å². The number of esters is 1. The Bertz CT molecular complexity index is 173. The maximum Gasteiger partial charge on any atom is 0.335 e. The minimum absolute atomic E-state index is 0.231. The van der Waals surface area contributed by atoms with Crippen LogP contribution in [0.3, 0.4) is 0 Å². The summed E-state index contributed by atoms with van der Waals surface area (Å²) >= 11 is 0. The highest BCUT2D eigenvalue weighted by Crippen LogP contribution is 1.97. The SMILES string of the molecule is CCCOC(=O)/C(C)=C/N(C)C. The van der Waals surface area contributed by atoms with Crippen LogP contribution in [0.25, 0.3) is 0 Å². The third-order valence-electron chi connectivity index (χ3n) is 1.21. The lowest BCUT2D eigenvalue weighted by atomic mass is 10.3. The number of ether oxygens (including phenoxy) is 1. The number of nitrogens with zero attached hydrogens (tertiary/aromatic N) is 1. The molecule has 0 bridgehead atoms. The van der Waals surface area contributed by atoms with Gasteiger partial charge in [0.1, 0.15) is 0 Å². The van der Waals surface area contributed by atoms with Gasteiger partial charge in [-0.15, -0.1) is 0 Å². The highest BCUT2D eigenvalue weighted by Gasteiger charge is 2.04. The summed E-state index contributed by atoms with van der Waals surface area (Å²) in [5, 5.41) is 0. The summed E-state index contributed by atoms with van der Waals surface area (Å²) in [6.07, 6.45) is 2.61. The summed E-state index contributed by atoms with van der Waals surface area (Å²) in [5.74, 6) is -0.231. The third-order valence-corrected chi connectivity index (χ3v) is 1.21. The highest BCUT2D eigenvalue weighted by molar-refractivity contribution is 5.87. The molecule has 12 heavy (non-hydrogen) atoms. The van der Waals surface area contributed by atoms with Crippen LogP contribution in [-0.2, 0) is 9.53 Å². The van der Waals surface area contributed by atoms with Gasteiger partial charge in [0.15, 0.2) is 0 Å². The zero-order valence-electron chi connectivity index (χ0n) is 8.26. The fourth-order valence-electron chi connectivity index (χ4n) is 0.749. The lowest BCUT2D eigenvalue weighted by Gasteiger charge is -2.07. The molecule has 0 unspecified atom stereocenters. The molecule has 70 valence electrons. The second kappa shape index (κ2) is 5.63. The van der Waals surface area contributed by atoms with E-state index in [1.165, 1.54) is 0 Å². The fraction of sp³-hybridized carbons (Fsp3) is 0.667. The van der Waals surface area contributed by atoms with Gasteiger partial charge >= 0.3 is 5.97 Å².